The summed E-state index contributed by atoms with van der Waals surface area (Å²) in [6.45, 7) is 1.86. The van der Waals surface area contributed by atoms with E-state index in [-0.39, 0.29) is 6.16 Å². The molecule has 0 aliphatic heterocycles. The van der Waals surface area contributed by atoms with Gasteiger partial charge in [0.05, 0.1) is 6.16 Å². The van der Waals surface area contributed by atoms with Crippen molar-refractivity contribution >= 4 is 13.7 Å². The van der Waals surface area contributed by atoms with Crippen molar-refractivity contribution in [3.05, 3.63) is 65.5 Å². The maximum atomic E-state index is 11.1. The van der Waals surface area contributed by atoms with Gasteiger partial charge in [0, 0.05) is 24.0 Å². The van der Waals surface area contributed by atoms with E-state index < -0.39 is 13.1 Å². The first-order chi connectivity index (χ1) is 13.2. The fraction of sp³-hybridized carbons (Fsp3) is 0.455. The number of nitrogens with two attached hydrogens (primary N) is 1. The smallest absolute Gasteiger partial charge is 0.325 e. The lowest BCUT2D eigenvalue weighted by molar-refractivity contribution is 0.353. The Morgan fingerprint density at radius 1 is 1.11 bits per heavy atom. The van der Waals surface area contributed by atoms with Crippen molar-refractivity contribution in [3.8, 4) is 0 Å². The molecule has 0 saturated carbocycles. The van der Waals surface area contributed by atoms with Crippen LogP contribution in [0.4, 0.5) is 0 Å². The summed E-state index contributed by atoms with van der Waals surface area (Å²) in [4.78, 5) is 18.1. The largest absolute Gasteiger partial charge is 0.348 e. The second kappa shape index (κ2) is 10.2. The number of aromatic nitrogens is 1. The highest BCUT2D eigenvalue weighted by Gasteiger charge is 2.24. The summed E-state index contributed by atoms with van der Waals surface area (Å²) < 4.78 is 13.2. The molecule has 0 fully saturated rings. The molecule has 0 aliphatic rings. The molecule has 1 unspecified atom stereocenters. The maximum Gasteiger partial charge on any atom is 0.325 e. The predicted octanol–water partition coefficient (Wildman–Crippen LogP) is 4.28. The number of nitrogens with zero attached hydrogens (tertiary/aromatic N) is 1. The van der Waals surface area contributed by atoms with E-state index in [2.05, 4.69) is 53.1 Å². The Bertz CT molecular complexity index is 806. The van der Waals surface area contributed by atoms with Crippen LogP contribution in [0, 0.1) is 0 Å². The second-order valence-corrected chi connectivity index (χ2v) is 9.66. The molecule has 1 atom stereocenters. The molecule has 0 amide bonds. The third-order valence-electron chi connectivity index (χ3n) is 5.16. The van der Waals surface area contributed by atoms with Gasteiger partial charge >= 0.3 is 7.60 Å². The molecule has 2 aromatic rings. The minimum absolute atomic E-state index is 0.163. The summed E-state index contributed by atoms with van der Waals surface area (Å²) >= 11 is 0. The lowest BCUT2D eigenvalue weighted by Crippen LogP contribution is -2.37. The molecule has 0 aliphatic carbocycles. The molecule has 1 aromatic carbocycles. The van der Waals surface area contributed by atoms with Gasteiger partial charge in [-0.25, -0.2) is 0 Å². The van der Waals surface area contributed by atoms with Crippen molar-refractivity contribution in [3.63, 3.8) is 0 Å². The molecular weight excluding hydrogens is 371 g/mol. The van der Waals surface area contributed by atoms with Crippen LogP contribution < -0.4 is 5.73 Å². The van der Waals surface area contributed by atoms with Gasteiger partial charge in [0.2, 0.25) is 0 Å². The van der Waals surface area contributed by atoms with Crippen molar-refractivity contribution in [1.29, 1.82) is 0 Å². The van der Waals surface area contributed by atoms with E-state index in [0.29, 0.717) is 12.8 Å². The molecule has 2 rings (SSSR count). The summed E-state index contributed by atoms with van der Waals surface area (Å²) in [7, 11) is -1.95. The number of rotatable bonds is 11. The van der Waals surface area contributed by atoms with Crippen LogP contribution >= 0.6 is 7.60 Å². The standard InChI is InChI=1S/C22H33N2O3P/c1-22(23,17-18-28(25,26)27)16-15-21-14-13-20(24(21)2)12-8-4-7-11-19-9-5-3-6-10-19/h3,5-6,8-10,12-14H,4,7,11,15-18,23H2,1-2H3,(H2,25,26,27)/b12-8+. The van der Waals surface area contributed by atoms with Gasteiger partial charge in [-0.3, -0.25) is 4.57 Å². The average Bonchev–Trinajstić information content (AvgIpc) is 2.99. The van der Waals surface area contributed by atoms with Gasteiger partial charge in [-0.05, 0) is 69.2 Å². The molecule has 5 nitrogen and oxygen atoms in total. The lowest BCUT2D eigenvalue weighted by Gasteiger charge is -2.25. The molecule has 0 spiro atoms. The zero-order chi connectivity index (χ0) is 20.6. The molecule has 154 valence electrons. The average molecular weight is 404 g/mol. The number of unbranched alkanes of at least 4 members (excludes halogenated alkanes) is 1. The quantitative estimate of drug-likeness (QED) is 0.385. The monoisotopic (exact) mass is 404 g/mol. The van der Waals surface area contributed by atoms with Gasteiger partial charge in [-0.1, -0.05) is 36.4 Å². The van der Waals surface area contributed by atoms with Gasteiger partial charge in [-0.2, -0.15) is 0 Å². The van der Waals surface area contributed by atoms with E-state index in [1.165, 1.54) is 11.3 Å². The maximum absolute atomic E-state index is 11.1. The second-order valence-electron chi connectivity index (χ2n) is 7.88. The number of hydrogen-bond acceptors (Lipinski definition) is 2. The van der Waals surface area contributed by atoms with Gasteiger partial charge in [0.15, 0.2) is 0 Å². The lowest BCUT2D eigenvalue weighted by atomic mass is 9.93. The van der Waals surface area contributed by atoms with Gasteiger partial charge < -0.3 is 20.1 Å². The fourth-order valence-corrected chi connectivity index (χ4v) is 4.00. The number of hydrogen-bond donors (Lipinski definition) is 3. The first-order valence-corrected chi connectivity index (χ1v) is 11.6. The predicted molar refractivity (Wildman–Crippen MR) is 116 cm³/mol. The summed E-state index contributed by atoms with van der Waals surface area (Å²) in [6, 6.07) is 14.7. The Morgan fingerprint density at radius 2 is 1.82 bits per heavy atom. The van der Waals surface area contributed by atoms with Crippen molar-refractivity contribution in [2.24, 2.45) is 12.8 Å². The molecule has 0 radical (unpaired) electrons. The zero-order valence-corrected chi connectivity index (χ0v) is 17.8. The van der Waals surface area contributed by atoms with Gasteiger partial charge in [0.1, 0.15) is 0 Å². The highest BCUT2D eigenvalue weighted by Crippen LogP contribution is 2.37. The summed E-state index contributed by atoms with van der Waals surface area (Å²) in [5, 5.41) is 0. The molecule has 6 heteroatoms. The van der Waals surface area contributed by atoms with Crippen LogP contribution in [-0.2, 0) is 24.5 Å². The molecular formula is C22H33N2O3P. The zero-order valence-electron chi connectivity index (χ0n) is 16.9. The summed E-state index contributed by atoms with van der Waals surface area (Å²) in [5.41, 5.74) is 9.35. The van der Waals surface area contributed by atoms with Crippen molar-refractivity contribution in [2.75, 3.05) is 6.16 Å². The third-order valence-corrected chi connectivity index (χ3v) is 5.96. The van der Waals surface area contributed by atoms with Crippen LogP contribution in [-0.4, -0.2) is 26.1 Å². The van der Waals surface area contributed by atoms with E-state index in [9.17, 15) is 4.57 Å². The molecule has 4 N–H and O–H groups in total. The van der Waals surface area contributed by atoms with E-state index in [1.807, 2.05) is 20.0 Å². The Morgan fingerprint density at radius 3 is 2.50 bits per heavy atom. The van der Waals surface area contributed by atoms with Crippen LogP contribution in [0.15, 0.2) is 48.5 Å². The molecule has 0 saturated heterocycles. The SMILES string of the molecule is Cn1c(/C=C/CCCc2ccccc2)ccc1CCC(C)(N)CCP(=O)(O)O. The first-order valence-electron chi connectivity index (χ1n) is 9.85. The normalized spacial score (nSPS) is 14.5. The van der Waals surface area contributed by atoms with Crippen molar-refractivity contribution in [1.82, 2.24) is 4.57 Å². The Balaban J connectivity index is 1.80. The van der Waals surface area contributed by atoms with Crippen LogP contribution in [0.2, 0.25) is 0 Å². The number of aryl methyl sites for hydroxylation is 2. The van der Waals surface area contributed by atoms with Crippen LogP contribution in [0.1, 0.15) is 49.6 Å². The van der Waals surface area contributed by atoms with Crippen LogP contribution in [0.5, 0.6) is 0 Å². The molecule has 1 heterocycles. The minimum atomic E-state index is -4.00. The van der Waals surface area contributed by atoms with E-state index in [4.69, 9.17) is 15.5 Å². The van der Waals surface area contributed by atoms with Crippen molar-refractivity contribution < 1.29 is 14.4 Å². The van der Waals surface area contributed by atoms with Crippen LogP contribution in [0.3, 0.4) is 0 Å². The first kappa shape index (κ1) is 22.6. The number of benzene rings is 1. The van der Waals surface area contributed by atoms with E-state index in [1.54, 1.807) is 0 Å². The Hall–Kier alpha value is -1.65. The van der Waals surface area contributed by atoms with Crippen molar-refractivity contribution in [2.45, 2.75) is 51.0 Å². The Kier molecular flexibility index (Phi) is 8.26. The summed E-state index contributed by atoms with van der Waals surface area (Å²) in [6.07, 6.45) is 9.26. The fourth-order valence-electron chi connectivity index (χ4n) is 3.20. The highest BCUT2D eigenvalue weighted by atomic mass is 31.2. The van der Waals surface area contributed by atoms with Gasteiger partial charge in [-0.15, -0.1) is 0 Å². The van der Waals surface area contributed by atoms with E-state index >= 15 is 0 Å². The molecule has 0 bridgehead atoms. The topological polar surface area (TPSA) is 88.5 Å². The minimum Gasteiger partial charge on any atom is -0.348 e. The summed E-state index contributed by atoms with van der Waals surface area (Å²) in [5.74, 6) is 0. The highest BCUT2D eigenvalue weighted by molar-refractivity contribution is 7.51. The molecule has 28 heavy (non-hydrogen) atoms. The number of allylic oxidation sites excluding steroid dienone is 1. The third kappa shape index (κ3) is 8.15. The Labute approximate surface area is 168 Å². The van der Waals surface area contributed by atoms with Crippen LogP contribution in [0.25, 0.3) is 6.08 Å². The van der Waals surface area contributed by atoms with Gasteiger partial charge in [0.25, 0.3) is 0 Å². The molecule has 1 aromatic heterocycles. The van der Waals surface area contributed by atoms with E-state index in [0.717, 1.165) is 31.4 Å².